The highest BCUT2D eigenvalue weighted by atomic mass is 35.7. The molecule has 1 atom stereocenters. The van der Waals surface area contributed by atoms with Gasteiger partial charge in [0.1, 0.15) is 0 Å². The molecule has 14 heavy (non-hydrogen) atoms. The van der Waals surface area contributed by atoms with E-state index >= 15 is 0 Å². The molecule has 1 aliphatic rings. The van der Waals surface area contributed by atoms with Gasteiger partial charge in [0.2, 0.25) is 0 Å². The van der Waals surface area contributed by atoms with Crippen molar-refractivity contribution in [1.82, 2.24) is 0 Å². The van der Waals surface area contributed by atoms with Crippen molar-refractivity contribution in [2.45, 2.75) is 32.4 Å². The highest BCUT2D eigenvalue weighted by Crippen LogP contribution is 2.38. The Hall–Kier alpha value is 0.277. The van der Waals surface area contributed by atoms with Crippen molar-refractivity contribution in [2.75, 3.05) is 0 Å². The maximum absolute atomic E-state index is 6.40. The summed E-state index contributed by atoms with van der Waals surface area (Å²) in [7, 11) is 0. The van der Waals surface area contributed by atoms with Gasteiger partial charge in [-0.25, -0.2) is 0 Å². The second kappa shape index (κ2) is 4.87. The molecule has 3 heteroatoms. The fourth-order valence-electron chi connectivity index (χ4n) is 1.63. The Balaban J connectivity index is 2.51. The topological polar surface area (TPSA) is 0 Å². The first-order chi connectivity index (χ1) is 6.43. The highest BCUT2D eigenvalue weighted by Gasteiger charge is 2.35. The Morgan fingerprint density at radius 3 is 2.07 bits per heavy atom. The molecule has 0 aromatic carbocycles. The zero-order chi connectivity index (χ0) is 10.8. The van der Waals surface area contributed by atoms with Gasteiger partial charge < -0.3 is 0 Å². The van der Waals surface area contributed by atoms with Crippen molar-refractivity contribution >= 4 is 28.9 Å². The smallest absolute Gasteiger partial charge is 0.146 e. The maximum Gasteiger partial charge on any atom is 0.254 e. The minimum Gasteiger partial charge on any atom is -0.146 e. The molecule has 0 aromatic heterocycles. The summed E-state index contributed by atoms with van der Waals surface area (Å²) in [6, 6.07) is 0.979. The molecular formula is C11H18Cl2Si. The number of halogens is 2. The minimum atomic E-state index is -2.03. The second-order valence-electron chi connectivity index (χ2n) is 4.44. The fourth-order valence-corrected chi connectivity index (χ4v) is 4.69. The third-order valence-electron chi connectivity index (χ3n) is 2.87. The van der Waals surface area contributed by atoms with E-state index in [-0.39, 0.29) is 0 Å². The highest BCUT2D eigenvalue weighted by molar-refractivity contribution is 7.45. The van der Waals surface area contributed by atoms with Crippen LogP contribution in [-0.4, -0.2) is 6.69 Å². The van der Waals surface area contributed by atoms with Crippen LogP contribution in [0.5, 0.6) is 0 Å². The van der Waals surface area contributed by atoms with Crippen molar-refractivity contribution in [1.29, 1.82) is 0 Å². The van der Waals surface area contributed by atoms with Crippen LogP contribution in [-0.2, 0) is 0 Å². The van der Waals surface area contributed by atoms with Crippen LogP contribution in [0.1, 0.15) is 20.8 Å². The quantitative estimate of drug-likeness (QED) is 0.500. The Labute approximate surface area is 97.4 Å². The van der Waals surface area contributed by atoms with Crippen LogP contribution >= 0.6 is 22.2 Å². The lowest BCUT2D eigenvalue weighted by atomic mass is 9.98. The van der Waals surface area contributed by atoms with Crippen LogP contribution in [0.3, 0.4) is 0 Å². The number of hydrogen-bond donors (Lipinski definition) is 0. The minimum absolute atomic E-state index is 0.433. The molecule has 0 amide bonds. The molecule has 0 saturated carbocycles. The van der Waals surface area contributed by atoms with Gasteiger partial charge in [-0.1, -0.05) is 45.1 Å². The van der Waals surface area contributed by atoms with Crippen molar-refractivity contribution in [3.8, 4) is 0 Å². The van der Waals surface area contributed by atoms with E-state index < -0.39 is 6.69 Å². The van der Waals surface area contributed by atoms with E-state index in [4.69, 9.17) is 22.2 Å². The van der Waals surface area contributed by atoms with E-state index in [9.17, 15) is 0 Å². The molecule has 0 fully saturated rings. The molecule has 0 radical (unpaired) electrons. The first kappa shape index (κ1) is 12.3. The first-order valence-corrected chi connectivity index (χ1v) is 9.47. The van der Waals surface area contributed by atoms with Crippen LogP contribution < -0.4 is 0 Å². The van der Waals surface area contributed by atoms with E-state index in [0.717, 1.165) is 6.04 Å². The number of rotatable bonds is 4. The number of hydrogen-bond acceptors (Lipinski definition) is 0. The predicted molar refractivity (Wildman–Crippen MR) is 68.3 cm³/mol. The third-order valence-corrected chi connectivity index (χ3v) is 9.30. The second-order valence-corrected chi connectivity index (χ2v) is 12.2. The van der Waals surface area contributed by atoms with Gasteiger partial charge in [0.25, 0.3) is 6.69 Å². The number of allylic oxidation sites excluding steroid dienone is 4. The third kappa shape index (κ3) is 3.15. The average molecular weight is 249 g/mol. The van der Waals surface area contributed by atoms with Crippen LogP contribution in [0.2, 0.25) is 11.6 Å². The average Bonchev–Trinajstić information content (AvgIpc) is 2.54. The van der Waals surface area contributed by atoms with E-state index in [1.165, 1.54) is 0 Å². The molecule has 0 heterocycles. The van der Waals surface area contributed by atoms with Crippen molar-refractivity contribution in [3.63, 3.8) is 0 Å². The Morgan fingerprint density at radius 2 is 1.64 bits per heavy atom. The van der Waals surface area contributed by atoms with Crippen LogP contribution in [0.4, 0.5) is 0 Å². The van der Waals surface area contributed by atoms with E-state index in [1.54, 1.807) is 0 Å². The Morgan fingerprint density at radius 1 is 1.14 bits per heavy atom. The van der Waals surface area contributed by atoms with Crippen molar-refractivity contribution in [3.05, 3.63) is 24.3 Å². The molecule has 1 unspecified atom stereocenters. The van der Waals surface area contributed by atoms with Crippen LogP contribution in [0, 0.1) is 11.8 Å². The summed E-state index contributed by atoms with van der Waals surface area (Å²) in [5.41, 5.74) is 0.433. The van der Waals surface area contributed by atoms with Gasteiger partial charge in [-0.2, -0.15) is 0 Å². The summed E-state index contributed by atoms with van der Waals surface area (Å²) in [5.74, 6) is 1.10. The SMILES string of the molecule is CC(C[Si](Cl)(Cl)C(C)C)C1C=CC=C1. The molecule has 0 aromatic rings. The summed E-state index contributed by atoms with van der Waals surface area (Å²) in [4.78, 5) is 0. The normalized spacial score (nSPS) is 19.6. The summed E-state index contributed by atoms with van der Waals surface area (Å²) in [6.45, 7) is 4.45. The lowest BCUT2D eigenvalue weighted by Gasteiger charge is -2.26. The molecule has 1 aliphatic carbocycles. The summed E-state index contributed by atoms with van der Waals surface area (Å²) in [5, 5.41) is 0. The molecule has 0 spiro atoms. The van der Waals surface area contributed by atoms with Gasteiger partial charge in [0.15, 0.2) is 0 Å². The van der Waals surface area contributed by atoms with Gasteiger partial charge in [-0.3, -0.25) is 0 Å². The predicted octanol–water partition coefficient (Wildman–Crippen LogP) is 4.69. The zero-order valence-corrected chi connectivity index (χ0v) is 11.5. The largest absolute Gasteiger partial charge is 0.254 e. The molecule has 0 bridgehead atoms. The molecular weight excluding hydrogens is 231 g/mol. The van der Waals surface area contributed by atoms with E-state index in [1.807, 2.05) is 0 Å². The summed E-state index contributed by atoms with van der Waals surface area (Å²) < 4.78 is 0. The summed E-state index contributed by atoms with van der Waals surface area (Å²) >= 11 is 12.8. The Kier molecular flexibility index (Phi) is 4.29. The maximum atomic E-state index is 6.40. The summed E-state index contributed by atoms with van der Waals surface area (Å²) in [6.07, 6.45) is 8.65. The lowest BCUT2D eigenvalue weighted by Crippen LogP contribution is -2.27. The van der Waals surface area contributed by atoms with Gasteiger partial charge in [-0.05, 0) is 23.4 Å². The van der Waals surface area contributed by atoms with Gasteiger partial charge in [0, 0.05) is 0 Å². The van der Waals surface area contributed by atoms with Crippen LogP contribution in [0.15, 0.2) is 24.3 Å². The van der Waals surface area contributed by atoms with Gasteiger partial charge >= 0.3 is 0 Å². The monoisotopic (exact) mass is 248 g/mol. The zero-order valence-electron chi connectivity index (χ0n) is 9.00. The van der Waals surface area contributed by atoms with Crippen molar-refractivity contribution < 1.29 is 0 Å². The van der Waals surface area contributed by atoms with E-state index in [2.05, 4.69) is 45.1 Å². The van der Waals surface area contributed by atoms with Crippen molar-refractivity contribution in [2.24, 2.45) is 11.8 Å². The fraction of sp³-hybridized carbons (Fsp3) is 0.636. The molecule has 0 saturated heterocycles. The van der Waals surface area contributed by atoms with E-state index in [0.29, 0.717) is 17.4 Å². The van der Waals surface area contributed by atoms with Gasteiger partial charge in [-0.15, -0.1) is 22.2 Å². The lowest BCUT2D eigenvalue weighted by molar-refractivity contribution is 0.548. The molecule has 1 rings (SSSR count). The molecule has 80 valence electrons. The van der Waals surface area contributed by atoms with Gasteiger partial charge in [0.05, 0.1) is 0 Å². The van der Waals surface area contributed by atoms with Crippen LogP contribution in [0.25, 0.3) is 0 Å². The molecule has 0 aliphatic heterocycles. The molecule has 0 N–H and O–H groups in total. The standard InChI is InChI=1S/C11H18Cl2Si/c1-9(2)14(12,13)8-10(3)11-6-4-5-7-11/h4-7,9-11H,8H2,1-3H3. The Bertz CT molecular complexity index is 232. The first-order valence-electron chi connectivity index (χ1n) is 5.16. The molecule has 0 nitrogen and oxygen atoms in total.